The quantitative estimate of drug-likeness (QED) is 0.167. The molecule has 14 heteroatoms. The third-order valence-electron chi connectivity index (χ3n) is 5.59. The van der Waals surface area contributed by atoms with Gasteiger partial charge in [0.1, 0.15) is 25.3 Å². The molecule has 0 bridgehead atoms. The monoisotopic (exact) mass is 644 g/mol. The molecule has 0 aliphatic rings. The van der Waals surface area contributed by atoms with Crippen LogP contribution >= 0.6 is 15.9 Å². The summed E-state index contributed by atoms with van der Waals surface area (Å²) in [4.78, 5) is 15.9. The van der Waals surface area contributed by atoms with Crippen molar-refractivity contribution in [3.63, 3.8) is 0 Å². The molecule has 0 atom stereocenters. The van der Waals surface area contributed by atoms with Crippen LogP contribution in [-0.4, -0.2) is 48.7 Å². The molecule has 0 radical (unpaired) electrons. The minimum Gasteiger partial charge on any atom is -0.493 e. The Morgan fingerprint density at radius 1 is 0.927 bits per heavy atom. The maximum absolute atomic E-state index is 13.8. The van der Waals surface area contributed by atoms with Crippen LogP contribution in [0.3, 0.4) is 0 Å². The lowest BCUT2D eigenvalue weighted by Crippen LogP contribution is -2.20. The van der Waals surface area contributed by atoms with E-state index in [9.17, 15) is 8.42 Å². The summed E-state index contributed by atoms with van der Waals surface area (Å²) >= 11 is 3.26. The molecule has 0 amide bonds. The van der Waals surface area contributed by atoms with E-state index in [0.29, 0.717) is 16.0 Å². The highest BCUT2D eigenvalue weighted by Gasteiger charge is 2.28. The third kappa shape index (κ3) is 7.52. The lowest BCUT2D eigenvalue weighted by Gasteiger charge is -2.23. The summed E-state index contributed by atoms with van der Waals surface area (Å²) < 4.78 is 53.3. The van der Waals surface area contributed by atoms with Crippen LogP contribution in [0.1, 0.15) is 26.3 Å². The number of rotatable bonds is 11. The summed E-state index contributed by atoms with van der Waals surface area (Å²) in [6, 6.07) is 10.3. The van der Waals surface area contributed by atoms with Crippen molar-refractivity contribution in [1.29, 1.82) is 0 Å². The van der Waals surface area contributed by atoms with Gasteiger partial charge in [-0.25, -0.2) is 28.4 Å². The first-order valence-electron chi connectivity index (χ1n) is 12.3. The standard InChI is InChI=1S/C27H29BrN6O6S/c1-27(2,3)17-11-19(29)24(22(12-17)38-9-10-39-26-31-13-18(28)14-32-26)41(35,36)34-25-23(15-30-16-33-25)40-21-8-6-5-7-20(21)37-4/h5-8,11-16H,9-10,29H2,1-4H3,(H,30,33,34). The van der Waals surface area contributed by atoms with Gasteiger partial charge >= 0.3 is 6.01 Å². The van der Waals surface area contributed by atoms with Crippen molar-refractivity contribution in [2.45, 2.75) is 31.1 Å². The van der Waals surface area contributed by atoms with Crippen LogP contribution in [0.15, 0.2) is 70.7 Å². The predicted molar refractivity (Wildman–Crippen MR) is 156 cm³/mol. The van der Waals surface area contributed by atoms with Crippen LogP contribution in [0.4, 0.5) is 11.5 Å². The third-order valence-corrected chi connectivity index (χ3v) is 7.43. The van der Waals surface area contributed by atoms with Gasteiger partial charge in [-0.1, -0.05) is 32.9 Å². The number of para-hydroxylation sites is 2. The van der Waals surface area contributed by atoms with Crippen LogP contribution in [-0.2, 0) is 15.4 Å². The molecule has 12 nitrogen and oxygen atoms in total. The molecule has 0 unspecified atom stereocenters. The first-order valence-corrected chi connectivity index (χ1v) is 14.6. The number of aromatic nitrogens is 4. The van der Waals surface area contributed by atoms with Gasteiger partial charge in [0.05, 0.1) is 23.5 Å². The topological polar surface area (TPSA) is 161 Å². The molecule has 4 aromatic rings. The number of benzene rings is 2. The van der Waals surface area contributed by atoms with E-state index < -0.39 is 10.0 Å². The Hall–Kier alpha value is -4.17. The van der Waals surface area contributed by atoms with Gasteiger partial charge in [0.2, 0.25) is 0 Å². The van der Waals surface area contributed by atoms with Crippen molar-refractivity contribution in [3.8, 4) is 29.0 Å². The Labute approximate surface area is 246 Å². The Balaban J connectivity index is 1.62. The highest BCUT2D eigenvalue weighted by atomic mass is 79.9. The minimum atomic E-state index is -4.33. The number of nitrogen functional groups attached to an aromatic ring is 1. The van der Waals surface area contributed by atoms with E-state index in [0.717, 1.165) is 5.56 Å². The molecule has 2 aromatic heterocycles. The van der Waals surface area contributed by atoms with Gasteiger partial charge in [-0.15, -0.1) is 0 Å². The van der Waals surface area contributed by atoms with Crippen LogP contribution in [0.2, 0.25) is 0 Å². The van der Waals surface area contributed by atoms with Gasteiger partial charge in [0.25, 0.3) is 10.0 Å². The molecule has 0 spiro atoms. The summed E-state index contributed by atoms with van der Waals surface area (Å²) in [5, 5.41) is 0. The Morgan fingerprint density at radius 2 is 1.61 bits per heavy atom. The van der Waals surface area contributed by atoms with E-state index in [1.807, 2.05) is 20.8 Å². The summed E-state index contributed by atoms with van der Waals surface area (Å²) in [5.41, 5.74) is 6.77. The number of sulfonamides is 1. The van der Waals surface area contributed by atoms with Crippen molar-refractivity contribution >= 4 is 37.5 Å². The molecule has 0 aliphatic heterocycles. The van der Waals surface area contributed by atoms with Gasteiger partial charge in [0, 0.05) is 12.4 Å². The number of methoxy groups -OCH3 is 1. The van der Waals surface area contributed by atoms with Crippen LogP contribution in [0, 0.1) is 0 Å². The SMILES string of the molecule is COc1ccccc1Oc1cncnc1NS(=O)(=O)c1c(N)cc(C(C)(C)C)cc1OCCOc1ncc(Br)cn1. The Kier molecular flexibility index (Phi) is 9.13. The maximum atomic E-state index is 13.8. The first-order chi connectivity index (χ1) is 19.5. The summed E-state index contributed by atoms with van der Waals surface area (Å²) in [7, 11) is -2.84. The van der Waals surface area contributed by atoms with Crippen LogP contribution in [0.25, 0.3) is 0 Å². The maximum Gasteiger partial charge on any atom is 0.316 e. The molecule has 0 fully saturated rings. The van der Waals surface area contributed by atoms with E-state index in [2.05, 4.69) is 40.6 Å². The smallest absolute Gasteiger partial charge is 0.316 e. The van der Waals surface area contributed by atoms with Crippen LogP contribution < -0.4 is 29.4 Å². The second kappa shape index (κ2) is 12.6. The largest absolute Gasteiger partial charge is 0.493 e. The second-order valence-corrected chi connectivity index (χ2v) is 12.2. The summed E-state index contributed by atoms with van der Waals surface area (Å²) in [6.07, 6.45) is 5.62. The van der Waals surface area contributed by atoms with E-state index in [1.165, 1.54) is 19.6 Å². The van der Waals surface area contributed by atoms with Crippen molar-refractivity contribution in [2.75, 3.05) is 30.8 Å². The number of nitrogens with zero attached hydrogens (tertiary/aromatic N) is 4. The molecule has 4 rings (SSSR count). The number of nitrogens with two attached hydrogens (primary N) is 1. The second-order valence-electron chi connectivity index (χ2n) is 9.62. The normalized spacial score (nSPS) is 11.5. The molecule has 216 valence electrons. The minimum absolute atomic E-state index is 0.00154. The lowest BCUT2D eigenvalue weighted by atomic mass is 9.86. The molecule has 2 aromatic carbocycles. The molecular weight excluding hydrogens is 616 g/mol. The lowest BCUT2D eigenvalue weighted by molar-refractivity contribution is 0.203. The van der Waals surface area contributed by atoms with Crippen molar-refractivity contribution in [2.24, 2.45) is 0 Å². The van der Waals surface area contributed by atoms with E-state index in [1.54, 1.807) is 48.8 Å². The molecule has 0 saturated heterocycles. The molecule has 0 saturated carbocycles. The van der Waals surface area contributed by atoms with Gasteiger partial charge in [-0.3, -0.25) is 4.72 Å². The molecular formula is C27H29BrN6O6S. The van der Waals surface area contributed by atoms with E-state index in [4.69, 9.17) is 24.7 Å². The molecule has 0 aliphatic carbocycles. The number of nitrogens with one attached hydrogen (secondary N) is 1. The van der Waals surface area contributed by atoms with E-state index >= 15 is 0 Å². The van der Waals surface area contributed by atoms with Gasteiger partial charge < -0.3 is 24.7 Å². The van der Waals surface area contributed by atoms with E-state index in [-0.39, 0.29) is 52.5 Å². The molecule has 41 heavy (non-hydrogen) atoms. The van der Waals surface area contributed by atoms with Crippen molar-refractivity contribution < 1.29 is 27.4 Å². The molecule has 3 N–H and O–H groups in total. The molecule has 2 heterocycles. The highest BCUT2D eigenvalue weighted by Crippen LogP contribution is 2.38. The number of anilines is 2. The average molecular weight is 646 g/mol. The van der Waals surface area contributed by atoms with Crippen molar-refractivity contribution in [3.05, 3.63) is 71.4 Å². The zero-order chi connectivity index (χ0) is 29.6. The number of halogens is 1. The zero-order valence-corrected chi connectivity index (χ0v) is 25.2. The van der Waals surface area contributed by atoms with Crippen LogP contribution in [0.5, 0.6) is 29.0 Å². The fourth-order valence-electron chi connectivity index (χ4n) is 3.58. The zero-order valence-electron chi connectivity index (χ0n) is 22.8. The Morgan fingerprint density at radius 3 is 2.29 bits per heavy atom. The Bertz CT molecular complexity index is 1610. The average Bonchev–Trinajstić information content (AvgIpc) is 2.92. The highest BCUT2D eigenvalue weighted by molar-refractivity contribution is 9.10. The fourth-order valence-corrected chi connectivity index (χ4v) is 5.05. The van der Waals surface area contributed by atoms with Gasteiger partial charge in [0.15, 0.2) is 28.0 Å². The summed E-state index contributed by atoms with van der Waals surface area (Å²) in [6.45, 7) is 5.98. The predicted octanol–water partition coefficient (Wildman–Crippen LogP) is 4.97. The fraction of sp³-hybridized carbons (Fsp3) is 0.259. The number of hydrogen-bond acceptors (Lipinski definition) is 11. The van der Waals surface area contributed by atoms with Gasteiger partial charge in [-0.05, 0) is 51.2 Å². The first kappa shape index (κ1) is 29.8. The van der Waals surface area contributed by atoms with Crippen molar-refractivity contribution in [1.82, 2.24) is 19.9 Å². The number of hydrogen-bond donors (Lipinski definition) is 2. The van der Waals surface area contributed by atoms with Gasteiger partial charge in [-0.2, -0.15) is 0 Å². The number of ether oxygens (including phenoxy) is 4. The summed E-state index contributed by atoms with van der Waals surface area (Å²) in [5.74, 6) is 0.781.